The van der Waals surface area contributed by atoms with Crippen LogP contribution in [0.25, 0.3) is 0 Å². The van der Waals surface area contributed by atoms with Crippen molar-refractivity contribution in [2.24, 2.45) is 4.99 Å². The lowest BCUT2D eigenvalue weighted by Crippen LogP contribution is -2.15. The number of aliphatic imine (C=N–C) groups is 1. The molecule has 0 saturated carbocycles. The first kappa shape index (κ1) is 5.11. The molecule has 0 aromatic rings. The van der Waals surface area contributed by atoms with Crippen molar-refractivity contribution in [1.29, 1.82) is 0 Å². The van der Waals surface area contributed by atoms with Gasteiger partial charge in [0.25, 0.3) is 0 Å². The van der Waals surface area contributed by atoms with Crippen LogP contribution in [0.1, 0.15) is 0 Å². The van der Waals surface area contributed by atoms with Gasteiger partial charge < -0.3 is 4.90 Å². The number of fused-ring (bicyclic) bond motifs is 1. The molecule has 0 atom stereocenters. The second-order valence-electron chi connectivity index (χ2n) is 1.82. The highest BCUT2D eigenvalue weighted by Crippen LogP contribution is 2.21. The van der Waals surface area contributed by atoms with Gasteiger partial charge in [0.2, 0.25) is 0 Å². The van der Waals surface area contributed by atoms with Crippen molar-refractivity contribution in [1.82, 2.24) is 4.90 Å². The molecule has 0 unspecified atom stereocenters. The molecule has 2 nitrogen and oxygen atoms in total. The average molecular weight is 138 g/mol. The van der Waals surface area contributed by atoms with Gasteiger partial charge in [-0.1, -0.05) is 11.8 Å². The van der Waals surface area contributed by atoms with Gasteiger partial charge in [-0.15, -0.1) is 0 Å². The molecule has 0 aliphatic carbocycles. The Kier molecular flexibility index (Phi) is 1.09. The van der Waals surface area contributed by atoms with Gasteiger partial charge in [-0.25, -0.2) is 0 Å². The predicted octanol–water partition coefficient (Wildman–Crippen LogP) is 1.39. The Hall–Kier alpha value is -0.700. The molecule has 0 radical (unpaired) electrons. The Labute approximate surface area is 58.0 Å². The summed E-state index contributed by atoms with van der Waals surface area (Å²) in [6, 6.07) is 0. The molecular formula is C6H6N2S. The smallest absolute Gasteiger partial charge is 0.172 e. The first-order chi connectivity index (χ1) is 4.47. The number of rotatable bonds is 0. The molecule has 2 aliphatic rings. The lowest BCUT2D eigenvalue weighted by Gasteiger charge is -2.12. The second-order valence-corrected chi connectivity index (χ2v) is 2.69. The van der Waals surface area contributed by atoms with E-state index in [-0.39, 0.29) is 0 Å². The van der Waals surface area contributed by atoms with Crippen molar-refractivity contribution in [3.8, 4) is 0 Å². The Balaban J connectivity index is 2.29. The van der Waals surface area contributed by atoms with Gasteiger partial charge in [-0.3, -0.25) is 4.99 Å². The molecule has 0 saturated heterocycles. The van der Waals surface area contributed by atoms with E-state index in [0.717, 1.165) is 11.7 Å². The lowest BCUT2D eigenvalue weighted by atomic mass is 10.5. The van der Waals surface area contributed by atoms with Crippen LogP contribution in [0.2, 0.25) is 0 Å². The molecule has 46 valence electrons. The summed E-state index contributed by atoms with van der Waals surface area (Å²) < 4.78 is 0. The summed E-state index contributed by atoms with van der Waals surface area (Å²) in [5.74, 6) is 0. The summed E-state index contributed by atoms with van der Waals surface area (Å²) in [7, 11) is 0. The number of hydrogen-bond acceptors (Lipinski definition) is 3. The van der Waals surface area contributed by atoms with Crippen LogP contribution in [0.3, 0.4) is 0 Å². The van der Waals surface area contributed by atoms with Crippen molar-refractivity contribution in [2.45, 2.75) is 0 Å². The van der Waals surface area contributed by atoms with Crippen LogP contribution in [0, 0.1) is 0 Å². The third kappa shape index (κ3) is 0.772. The zero-order valence-corrected chi connectivity index (χ0v) is 5.64. The van der Waals surface area contributed by atoms with E-state index >= 15 is 0 Å². The largest absolute Gasteiger partial charge is 0.303 e. The molecular weight excluding hydrogens is 132 g/mol. The third-order valence-corrected chi connectivity index (χ3v) is 2.02. The first-order valence-electron chi connectivity index (χ1n) is 2.79. The highest BCUT2D eigenvalue weighted by molar-refractivity contribution is 8.16. The molecule has 0 spiro atoms. The van der Waals surface area contributed by atoms with Crippen LogP contribution in [-0.2, 0) is 0 Å². The number of hydrogen-bond donors (Lipinski definition) is 0. The minimum Gasteiger partial charge on any atom is -0.303 e. The SMILES string of the molecule is C1=CN2C=CSC2=NC1. The normalized spacial score (nSPS) is 22.2. The Bertz CT molecular complexity index is 205. The van der Waals surface area contributed by atoms with E-state index in [0.29, 0.717) is 0 Å². The molecule has 2 rings (SSSR count). The zero-order chi connectivity index (χ0) is 6.10. The molecule has 0 aromatic carbocycles. The van der Waals surface area contributed by atoms with E-state index in [9.17, 15) is 0 Å². The standard InChI is InChI=1S/C6H6N2S/c1-2-7-6-8(3-1)4-5-9-6/h1,3-5H,2H2. The fraction of sp³-hybridized carbons (Fsp3) is 0.167. The van der Waals surface area contributed by atoms with E-state index in [4.69, 9.17) is 0 Å². The first-order valence-corrected chi connectivity index (χ1v) is 3.67. The third-order valence-electron chi connectivity index (χ3n) is 1.21. The quantitative estimate of drug-likeness (QED) is 0.502. The molecule has 0 N–H and O–H groups in total. The lowest BCUT2D eigenvalue weighted by molar-refractivity contribution is 0.760. The fourth-order valence-corrected chi connectivity index (χ4v) is 1.51. The maximum atomic E-state index is 4.25. The van der Waals surface area contributed by atoms with E-state index < -0.39 is 0 Å². The Morgan fingerprint density at radius 3 is 3.44 bits per heavy atom. The van der Waals surface area contributed by atoms with E-state index in [1.165, 1.54) is 0 Å². The highest BCUT2D eigenvalue weighted by atomic mass is 32.2. The van der Waals surface area contributed by atoms with Crippen molar-refractivity contribution >= 4 is 16.9 Å². The number of nitrogens with zero attached hydrogens (tertiary/aromatic N) is 2. The topological polar surface area (TPSA) is 15.6 Å². The summed E-state index contributed by atoms with van der Waals surface area (Å²) in [5, 5.41) is 3.13. The van der Waals surface area contributed by atoms with Crippen LogP contribution >= 0.6 is 11.8 Å². The van der Waals surface area contributed by atoms with Crippen LogP contribution in [0.4, 0.5) is 0 Å². The van der Waals surface area contributed by atoms with Crippen molar-refractivity contribution in [3.05, 3.63) is 23.9 Å². The van der Waals surface area contributed by atoms with Crippen LogP contribution in [-0.4, -0.2) is 16.6 Å². The van der Waals surface area contributed by atoms with Gasteiger partial charge in [0, 0.05) is 12.4 Å². The second kappa shape index (κ2) is 1.92. The van der Waals surface area contributed by atoms with Crippen molar-refractivity contribution < 1.29 is 0 Å². The Morgan fingerprint density at radius 1 is 1.56 bits per heavy atom. The fourth-order valence-electron chi connectivity index (χ4n) is 0.805. The van der Waals surface area contributed by atoms with Crippen molar-refractivity contribution in [2.75, 3.05) is 6.54 Å². The monoisotopic (exact) mass is 138 g/mol. The van der Waals surface area contributed by atoms with E-state index in [2.05, 4.69) is 4.99 Å². The maximum absolute atomic E-state index is 4.25. The number of amidine groups is 1. The Morgan fingerprint density at radius 2 is 2.56 bits per heavy atom. The summed E-state index contributed by atoms with van der Waals surface area (Å²) in [4.78, 5) is 6.27. The minimum atomic E-state index is 0.834. The molecule has 0 fully saturated rings. The van der Waals surface area contributed by atoms with Crippen LogP contribution in [0.15, 0.2) is 28.9 Å². The summed E-state index contributed by atoms with van der Waals surface area (Å²) in [5.41, 5.74) is 0. The van der Waals surface area contributed by atoms with Gasteiger partial charge in [0.1, 0.15) is 0 Å². The minimum absolute atomic E-state index is 0.834. The molecule has 0 bridgehead atoms. The summed E-state index contributed by atoms with van der Waals surface area (Å²) in [6.45, 7) is 0.834. The molecule has 0 amide bonds. The number of thioether (sulfide) groups is 1. The predicted molar refractivity (Wildman–Crippen MR) is 40.0 cm³/mol. The maximum Gasteiger partial charge on any atom is 0.172 e. The highest BCUT2D eigenvalue weighted by Gasteiger charge is 2.12. The van der Waals surface area contributed by atoms with Crippen LogP contribution < -0.4 is 0 Å². The summed E-state index contributed by atoms with van der Waals surface area (Å²) >= 11 is 1.67. The molecule has 3 heteroatoms. The summed E-state index contributed by atoms with van der Waals surface area (Å²) in [6.07, 6.45) is 6.09. The van der Waals surface area contributed by atoms with E-state index in [1.54, 1.807) is 11.8 Å². The van der Waals surface area contributed by atoms with Gasteiger partial charge in [0.15, 0.2) is 5.17 Å². The van der Waals surface area contributed by atoms with Gasteiger partial charge in [-0.2, -0.15) is 0 Å². The molecule has 9 heavy (non-hydrogen) atoms. The van der Waals surface area contributed by atoms with E-state index in [1.807, 2.05) is 28.8 Å². The molecule has 2 aliphatic heterocycles. The zero-order valence-electron chi connectivity index (χ0n) is 4.82. The van der Waals surface area contributed by atoms with Gasteiger partial charge >= 0.3 is 0 Å². The van der Waals surface area contributed by atoms with Gasteiger partial charge in [-0.05, 0) is 11.5 Å². The van der Waals surface area contributed by atoms with Gasteiger partial charge in [0.05, 0.1) is 6.54 Å². The molecule has 2 heterocycles. The van der Waals surface area contributed by atoms with Crippen LogP contribution in [0.5, 0.6) is 0 Å². The average Bonchev–Trinajstić information content (AvgIpc) is 2.33. The van der Waals surface area contributed by atoms with Crippen molar-refractivity contribution in [3.63, 3.8) is 0 Å². The molecule has 0 aromatic heterocycles.